The number of amides is 2. The van der Waals surface area contributed by atoms with E-state index >= 15 is 0 Å². The summed E-state index contributed by atoms with van der Waals surface area (Å²) in [6.07, 6.45) is 1.91. The number of hydrogen-bond donors (Lipinski definition) is 2. The predicted molar refractivity (Wildman–Crippen MR) is 75.2 cm³/mol. The van der Waals surface area contributed by atoms with Gasteiger partial charge in [0.2, 0.25) is 5.91 Å². The van der Waals surface area contributed by atoms with E-state index in [1.807, 2.05) is 6.07 Å². The highest BCUT2D eigenvalue weighted by atomic mass is 16.3. The summed E-state index contributed by atoms with van der Waals surface area (Å²) >= 11 is 0. The van der Waals surface area contributed by atoms with Gasteiger partial charge in [0, 0.05) is 18.7 Å². The maximum Gasteiger partial charge on any atom is 0.255 e. The molecule has 2 N–H and O–H groups in total. The third-order valence-corrected chi connectivity index (χ3v) is 3.48. The molecule has 5 heteroatoms. The molecule has 1 aliphatic heterocycles. The summed E-state index contributed by atoms with van der Waals surface area (Å²) in [5, 5.41) is 12.0. The molecule has 0 saturated carbocycles. The maximum absolute atomic E-state index is 12.3. The first-order chi connectivity index (χ1) is 9.70. The van der Waals surface area contributed by atoms with Crippen molar-refractivity contribution in [3.8, 4) is 0 Å². The average molecular weight is 276 g/mol. The fourth-order valence-electron chi connectivity index (χ4n) is 2.48. The minimum atomic E-state index is -0.622. The summed E-state index contributed by atoms with van der Waals surface area (Å²) < 4.78 is 0. The Morgan fingerprint density at radius 2 is 2.15 bits per heavy atom. The van der Waals surface area contributed by atoms with Crippen LogP contribution in [0.15, 0.2) is 24.3 Å². The van der Waals surface area contributed by atoms with Gasteiger partial charge in [0.1, 0.15) is 6.04 Å². The zero-order valence-electron chi connectivity index (χ0n) is 11.6. The van der Waals surface area contributed by atoms with E-state index in [1.165, 1.54) is 4.90 Å². The van der Waals surface area contributed by atoms with E-state index in [0.717, 1.165) is 18.4 Å². The van der Waals surface area contributed by atoms with Crippen molar-refractivity contribution >= 4 is 11.8 Å². The van der Waals surface area contributed by atoms with Crippen LogP contribution in [0.4, 0.5) is 0 Å². The van der Waals surface area contributed by atoms with Crippen molar-refractivity contribution < 1.29 is 14.7 Å². The Kier molecular flexibility index (Phi) is 4.74. The van der Waals surface area contributed by atoms with Gasteiger partial charge in [0.25, 0.3) is 5.91 Å². The minimum absolute atomic E-state index is 0.154. The molecule has 1 heterocycles. The van der Waals surface area contributed by atoms with E-state index in [-0.39, 0.29) is 25.0 Å². The summed E-state index contributed by atoms with van der Waals surface area (Å²) in [6, 6.07) is 6.50. The van der Waals surface area contributed by atoms with Crippen LogP contribution in [0.2, 0.25) is 0 Å². The fraction of sp³-hybridized carbons (Fsp3) is 0.467. The lowest BCUT2D eigenvalue weighted by Gasteiger charge is -2.23. The van der Waals surface area contributed by atoms with Gasteiger partial charge in [0.15, 0.2) is 0 Å². The molecule has 2 amide bonds. The highest BCUT2D eigenvalue weighted by molar-refractivity contribution is 6.04. The minimum Gasteiger partial charge on any atom is -0.395 e. The molecule has 20 heavy (non-hydrogen) atoms. The van der Waals surface area contributed by atoms with E-state index in [2.05, 4.69) is 12.2 Å². The van der Waals surface area contributed by atoms with Gasteiger partial charge >= 0.3 is 0 Å². The Labute approximate surface area is 118 Å². The third-order valence-electron chi connectivity index (χ3n) is 3.48. The number of aliphatic hydroxyl groups is 1. The number of carbonyl (C=O) groups is 2. The van der Waals surface area contributed by atoms with E-state index in [4.69, 9.17) is 5.11 Å². The van der Waals surface area contributed by atoms with Crippen LogP contribution in [-0.4, -0.2) is 41.5 Å². The van der Waals surface area contributed by atoms with Crippen LogP contribution in [0.1, 0.15) is 41.7 Å². The Hall–Kier alpha value is -1.88. The standard InChI is InChI=1S/C15H20N2O3/c1-2-3-8-16-14(19)13-11-6-4-5-7-12(11)15(20)17(13)9-10-18/h4-7,13,18H,2-3,8-10H2,1H3,(H,16,19). The number of β-amino-alcohol motifs (C(OH)–C–C–N with tert-alkyl or cyclic N) is 1. The van der Waals surface area contributed by atoms with Crippen molar-refractivity contribution in [2.75, 3.05) is 19.7 Å². The van der Waals surface area contributed by atoms with Crippen LogP contribution >= 0.6 is 0 Å². The van der Waals surface area contributed by atoms with E-state index in [1.54, 1.807) is 18.2 Å². The van der Waals surface area contributed by atoms with Gasteiger partial charge in [-0.2, -0.15) is 0 Å². The Balaban J connectivity index is 2.23. The van der Waals surface area contributed by atoms with E-state index in [9.17, 15) is 9.59 Å². The Morgan fingerprint density at radius 1 is 1.40 bits per heavy atom. The SMILES string of the molecule is CCCCNC(=O)C1c2ccccc2C(=O)N1CCO. The molecule has 0 fully saturated rings. The lowest BCUT2D eigenvalue weighted by molar-refractivity contribution is -0.125. The van der Waals surface area contributed by atoms with Crippen LogP contribution in [0.25, 0.3) is 0 Å². The molecular weight excluding hydrogens is 256 g/mol. The number of unbranched alkanes of at least 4 members (excludes halogenated alkanes) is 1. The largest absolute Gasteiger partial charge is 0.395 e. The van der Waals surface area contributed by atoms with Gasteiger partial charge < -0.3 is 15.3 Å². The molecule has 0 saturated heterocycles. The zero-order valence-corrected chi connectivity index (χ0v) is 11.6. The average Bonchev–Trinajstić information content (AvgIpc) is 2.73. The van der Waals surface area contributed by atoms with Gasteiger partial charge in [-0.1, -0.05) is 31.5 Å². The molecule has 0 aromatic heterocycles. The third kappa shape index (κ3) is 2.67. The van der Waals surface area contributed by atoms with Gasteiger partial charge in [0.05, 0.1) is 6.61 Å². The molecule has 2 rings (SSSR count). The van der Waals surface area contributed by atoms with Crippen LogP contribution in [-0.2, 0) is 4.79 Å². The maximum atomic E-state index is 12.3. The first-order valence-corrected chi connectivity index (χ1v) is 6.99. The van der Waals surface area contributed by atoms with Crippen LogP contribution in [0.5, 0.6) is 0 Å². The van der Waals surface area contributed by atoms with Crippen molar-refractivity contribution in [2.24, 2.45) is 0 Å². The summed E-state index contributed by atoms with van der Waals surface area (Å²) in [5.74, 6) is -0.365. The van der Waals surface area contributed by atoms with Crippen LogP contribution < -0.4 is 5.32 Å². The Morgan fingerprint density at radius 3 is 2.85 bits per heavy atom. The molecular formula is C15H20N2O3. The second-order valence-corrected chi connectivity index (χ2v) is 4.86. The first kappa shape index (κ1) is 14.5. The summed E-state index contributed by atoms with van der Waals surface area (Å²) in [7, 11) is 0. The van der Waals surface area contributed by atoms with Gasteiger partial charge in [-0.3, -0.25) is 9.59 Å². The number of nitrogens with one attached hydrogen (secondary N) is 1. The van der Waals surface area contributed by atoms with E-state index in [0.29, 0.717) is 12.1 Å². The molecule has 0 aliphatic carbocycles. The summed E-state index contributed by atoms with van der Waals surface area (Å²) in [4.78, 5) is 26.0. The predicted octanol–water partition coefficient (Wildman–Crippen LogP) is 1.09. The molecule has 5 nitrogen and oxygen atoms in total. The number of rotatable bonds is 6. The normalized spacial score (nSPS) is 17.2. The summed E-state index contributed by atoms with van der Waals surface area (Å²) in [6.45, 7) is 2.67. The molecule has 1 aliphatic rings. The fourth-order valence-corrected chi connectivity index (χ4v) is 2.48. The number of hydrogen-bond acceptors (Lipinski definition) is 3. The molecule has 1 atom stereocenters. The molecule has 1 aromatic carbocycles. The van der Waals surface area contributed by atoms with Crippen molar-refractivity contribution in [2.45, 2.75) is 25.8 Å². The quantitative estimate of drug-likeness (QED) is 0.764. The van der Waals surface area contributed by atoms with Crippen LogP contribution in [0.3, 0.4) is 0 Å². The first-order valence-electron chi connectivity index (χ1n) is 6.99. The molecule has 0 bridgehead atoms. The molecule has 108 valence electrons. The number of nitrogens with zero attached hydrogens (tertiary/aromatic N) is 1. The number of carbonyl (C=O) groups excluding carboxylic acids is 2. The van der Waals surface area contributed by atoms with E-state index < -0.39 is 6.04 Å². The molecule has 0 spiro atoms. The Bertz CT molecular complexity index is 502. The molecule has 0 radical (unpaired) electrons. The lowest BCUT2D eigenvalue weighted by Crippen LogP contribution is -2.40. The molecule has 1 unspecified atom stereocenters. The number of aliphatic hydroxyl groups excluding tert-OH is 1. The lowest BCUT2D eigenvalue weighted by atomic mass is 10.0. The van der Waals surface area contributed by atoms with Crippen LogP contribution in [0, 0.1) is 0 Å². The molecule has 1 aromatic rings. The van der Waals surface area contributed by atoms with Gasteiger partial charge in [-0.25, -0.2) is 0 Å². The van der Waals surface area contributed by atoms with Crippen molar-refractivity contribution in [3.05, 3.63) is 35.4 Å². The van der Waals surface area contributed by atoms with Crippen molar-refractivity contribution in [1.82, 2.24) is 10.2 Å². The topological polar surface area (TPSA) is 69.6 Å². The van der Waals surface area contributed by atoms with Gasteiger partial charge in [-0.15, -0.1) is 0 Å². The van der Waals surface area contributed by atoms with Crippen molar-refractivity contribution in [3.63, 3.8) is 0 Å². The summed E-state index contributed by atoms with van der Waals surface area (Å²) in [5.41, 5.74) is 1.27. The van der Waals surface area contributed by atoms with Crippen molar-refractivity contribution in [1.29, 1.82) is 0 Å². The number of benzene rings is 1. The monoisotopic (exact) mass is 276 g/mol. The highest BCUT2D eigenvalue weighted by Crippen LogP contribution is 2.33. The highest BCUT2D eigenvalue weighted by Gasteiger charge is 2.40. The smallest absolute Gasteiger partial charge is 0.255 e. The second-order valence-electron chi connectivity index (χ2n) is 4.86. The second kappa shape index (κ2) is 6.52. The zero-order chi connectivity index (χ0) is 14.5. The number of fused-ring (bicyclic) bond motifs is 1. The van der Waals surface area contributed by atoms with Gasteiger partial charge in [-0.05, 0) is 18.1 Å².